The Hall–Kier alpha value is -4.57. The number of terminal acetylenes is 1. The molecular formula is C26H23N3O4. The van der Waals surface area contributed by atoms with Crippen molar-refractivity contribution in [2.45, 2.75) is 6.54 Å². The molecule has 0 aliphatic carbocycles. The molecule has 7 nitrogen and oxygen atoms in total. The van der Waals surface area contributed by atoms with Crippen molar-refractivity contribution >= 4 is 23.6 Å². The van der Waals surface area contributed by atoms with E-state index < -0.39 is 0 Å². The fraction of sp³-hybridized carbons (Fsp3) is 0.115. The van der Waals surface area contributed by atoms with Gasteiger partial charge in [0.2, 0.25) is 5.91 Å². The van der Waals surface area contributed by atoms with E-state index in [1.807, 2.05) is 6.07 Å². The summed E-state index contributed by atoms with van der Waals surface area (Å²) in [7, 11) is 1.52. The number of carbonyl (C=O) groups is 2. The minimum absolute atomic E-state index is 0.128. The molecule has 0 aliphatic rings. The average Bonchev–Trinajstić information content (AvgIpc) is 2.86. The molecule has 0 unspecified atom stereocenters. The maximum atomic E-state index is 12.6. The van der Waals surface area contributed by atoms with Gasteiger partial charge in [0, 0.05) is 25.0 Å². The number of para-hydroxylation sites is 1. The Morgan fingerprint density at radius 2 is 1.97 bits per heavy atom. The number of methoxy groups -OCH3 is 1. The summed E-state index contributed by atoms with van der Waals surface area (Å²) >= 11 is 0. The maximum absolute atomic E-state index is 12.6. The summed E-state index contributed by atoms with van der Waals surface area (Å²) < 4.78 is 10.7. The first-order chi connectivity index (χ1) is 16.1. The number of nitrogens with zero attached hydrogens (tertiary/aromatic N) is 1. The Morgan fingerprint density at radius 1 is 1.12 bits per heavy atom. The van der Waals surface area contributed by atoms with Crippen molar-refractivity contribution in [1.82, 2.24) is 10.3 Å². The van der Waals surface area contributed by atoms with Crippen LogP contribution in [0.5, 0.6) is 11.5 Å². The van der Waals surface area contributed by atoms with E-state index in [1.165, 1.54) is 13.2 Å². The molecule has 33 heavy (non-hydrogen) atoms. The molecule has 0 bridgehead atoms. The van der Waals surface area contributed by atoms with Gasteiger partial charge in [0.15, 0.2) is 11.5 Å². The lowest BCUT2D eigenvalue weighted by atomic mass is 10.1. The highest BCUT2D eigenvalue weighted by Gasteiger charge is 2.12. The zero-order chi connectivity index (χ0) is 23.5. The van der Waals surface area contributed by atoms with Gasteiger partial charge in [0.25, 0.3) is 5.91 Å². The normalized spacial score (nSPS) is 10.3. The number of aromatic nitrogens is 1. The highest BCUT2D eigenvalue weighted by molar-refractivity contribution is 6.07. The molecule has 3 rings (SSSR count). The van der Waals surface area contributed by atoms with Gasteiger partial charge in [0.1, 0.15) is 6.61 Å². The number of pyridine rings is 1. The number of amides is 2. The van der Waals surface area contributed by atoms with Crippen LogP contribution in [0.2, 0.25) is 0 Å². The summed E-state index contributed by atoms with van der Waals surface area (Å²) in [6.45, 7) is 0.459. The molecule has 1 aromatic heterocycles. The van der Waals surface area contributed by atoms with Crippen LogP contribution in [0.1, 0.15) is 21.5 Å². The van der Waals surface area contributed by atoms with Gasteiger partial charge in [-0.2, -0.15) is 0 Å². The van der Waals surface area contributed by atoms with Crippen LogP contribution >= 0.6 is 0 Å². The lowest BCUT2D eigenvalue weighted by Crippen LogP contribution is -2.24. The molecule has 166 valence electrons. The van der Waals surface area contributed by atoms with Crippen molar-refractivity contribution in [2.75, 3.05) is 19.0 Å². The summed E-state index contributed by atoms with van der Waals surface area (Å²) in [5.41, 5.74) is 2.38. The highest BCUT2D eigenvalue weighted by atomic mass is 16.5. The van der Waals surface area contributed by atoms with Crippen molar-refractivity contribution in [3.63, 3.8) is 0 Å². The summed E-state index contributed by atoms with van der Waals surface area (Å²) in [6.07, 6.45) is 11.6. The largest absolute Gasteiger partial charge is 0.493 e. The predicted molar refractivity (Wildman–Crippen MR) is 127 cm³/mol. The van der Waals surface area contributed by atoms with Gasteiger partial charge < -0.3 is 20.1 Å². The van der Waals surface area contributed by atoms with E-state index in [2.05, 4.69) is 21.5 Å². The fourth-order valence-electron chi connectivity index (χ4n) is 2.94. The number of hydrogen-bond donors (Lipinski definition) is 2. The SMILES string of the molecule is C#CCOc1ccc(/C=C/C(=O)Nc2ccccc2C(=O)NCc2cccnc2)cc1OC. The van der Waals surface area contributed by atoms with Gasteiger partial charge in [0.05, 0.1) is 18.4 Å². The number of carbonyl (C=O) groups excluding carboxylic acids is 2. The minimum atomic E-state index is -0.380. The number of benzene rings is 2. The van der Waals surface area contributed by atoms with Crippen LogP contribution in [-0.2, 0) is 11.3 Å². The quantitative estimate of drug-likeness (QED) is 0.391. The van der Waals surface area contributed by atoms with Gasteiger partial charge in [-0.25, -0.2) is 0 Å². The average molecular weight is 441 g/mol. The summed E-state index contributed by atoms with van der Waals surface area (Å²) in [4.78, 5) is 29.2. The molecule has 0 fully saturated rings. The van der Waals surface area contributed by atoms with E-state index in [4.69, 9.17) is 15.9 Å². The molecule has 0 radical (unpaired) electrons. The van der Waals surface area contributed by atoms with Crippen molar-refractivity contribution < 1.29 is 19.1 Å². The van der Waals surface area contributed by atoms with Gasteiger partial charge in [-0.3, -0.25) is 14.6 Å². The summed E-state index contributed by atoms with van der Waals surface area (Å²) in [5, 5.41) is 5.58. The molecule has 0 aliphatic heterocycles. The van der Waals surface area contributed by atoms with Crippen molar-refractivity contribution in [3.8, 4) is 23.8 Å². The third-order valence-electron chi connectivity index (χ3n) is 4.53. The Bertz CT molecular complexity index is 1180. The van der Waals surface area contributed by atoms with Gasteiger partial charge in [-0.1, -0.05) is 30.2 Å². The number of nitrogens with one attached hydrogen (secondary N) is 2. The zero-order valence-electron chi connectivity index (χ0n) is 18.1. The third kappa shape index (κ3) is 6.71. The smallest absolute Gasteiger partial charge is 0.253 e. The maximum Gasteiger partial charge on any atom is 0.253 e. The third-order valence-corrected chi connectivity index (χ3v) is 4.53. The van der Waals surface area contributed by atoms with Crippen LogP contribution in [0.4, 0.5) is 5.69 Å². The molecule has 1 heterocycles. The molecule has 3 aromatic rings. The molecule has 2 amide bonds. The number of hydrogen-bond acceptors (Lipinski definition) is 5. The highest BCUT2D eigenvalue weighted by Crippen LogP contribution is 2.28. The van der Waals surface area contributed by atoms with Crippen LogP contribution in [0.3, 0.4) is 0 Å². The predicted octanol–water partition coefficient (Wildman–Crippen LogP) is 3.68. The van der Waals surface area contributed by atoms with Crippen molar-refractivity contribution in [3.05, 3.63) is 89.8 Å². The first-order valence-electron chi connectivity index (χ1n) is 10.1. The van der Waals surface area contributed by atoms with Gasteiger partial charge in [-0.05, 0) is 47.5 Å². The van der Waals surface area contributed by atoms with E-state index in [1.54, 1.807) is 67.0 Å². The van der Waals surface area contributed by atoms with Gasteiger partial charge in [-0.15, -0.1) is 6.42 Å². The van der Waals surface area contributed by atoms with Crippen molar-refractivity contribution in [1.29, 1.82) is 0 Å². The second-order valence-electron chi connectivity index (χ2n) is 6.82. The topological polar surface area (TPSA) is 89.5 Å². The molecule has 0 spiro atoms. The number of ether oxygens (including phenoxy) is 2. The Morgan fingerprint density at radius 3 is 2.73 bits per heavy atom. The first-order valence-corrected chi connectivity index (χ1v) is 10.1. The summed E-state index contributed by atoms with van der Waals surface area (Å²) in [5.74, 6) is 2.74. The standard InChI is InChI=1S/C26H23N3O4/c1-3-15-33-23-12-10-19(16-24(23)32-2)11-13-25(30)29-22-9-5-4-8-21(22)26(31)28-18-20-7-6-14-27-17-20/h1,4-14,16-17H,15,18H2,2H3,(H,28,31)(H,29,30)/b13-11+. The van der Waals surface area contributed by atoms with Crippen LogP contribution < -0.4 is 20.1 Å². The molecule has 2 aromatic carbocycles. The number of anilines is 1. The Labute approximate surface area is 192 Å². The van der Waals surface area contributed by atoms with E-state index in [0.717, 1.165) is 11.1 Å². The second-order valence-corrected chi connectivity index (χ2v) is 6.82. The Balaban J connectivity index is 1.65. The Kier molecular flexibility index (Phi) is 8.21. The molecule has 7 heteroatoms. The van der Waals surface area contributed by atoms with Crippen molar-refractivity contribution in [2.24, 2.45) is 0 Å². The minimum Gasteiger partial charge on any atom is -0.493 e. The van der Waals surface area contributed by atoms with Crippen LogP contribution in [0.15, 0.2) is 73.1 Å². The molecule has 0 saturated heterocycles. The number of rotatable bonds is 9. The van der Waals surface area contributed by atoms with E-state index in [0.29, 0.717) is 29.3 Å². The lowest BCUT2D eigenvalue weighted by molar-refractivity contribution is -0.111. The van der Waals surface area contributed by atoms with Gasteiger partial charge >= 0.3 is 0 Å². The van der Waals surface area contributed by atoms with Crippen LogP contribution in [0, 0.1) is 12.3 Å². The molecular weight excluding hydrogens is 418 g/mol. The zero-order valence-corrected chi connectivity index (χ0v) is 18.1. The van der Waals surface area contributed by atoms with E-state index in [-0.39, 0.29) is 18.4 Å². The van der Waals surface area contributed by atoms with E-state index in [9.17, 15) is 9.59 Å². The fourth-order valence-corrected chi connectivity index (χ4v) is 2.94. The monoisotopic (exact) mass is 441 g/mol. The second kappa shape index (κ2) is 11.7. The first kappa shape index (κ1) is 23.1. The molecule has 0 atom stereocenters. The molecule has 2 N–H and O–H groups in total. The summed E-state index contributed by atoms with van der Waals surface area (Å²) in [6, 6.07) is 15.7. The van der Waals surface area contributed by atoms with E-state index >= 15 is 0 Å². The van der Waals surface area contributed by atoms with Crippen LogP contribution in [-0.4, -0.2) is 30.5 Å². The molecule has 0 saturated carbocycles. The van der Waals surface area contributed by atoms with Crippen LogP contribution in [0.25, 0.3) is 6.08 Å². The lowest BCUT2D eigenvalue weighted by Gasteiger charge is -2.11.